The van der Waals surface area contributed by atoms with E-state index in [0.29, 0.717) is 19.3 Å². The van der Waals surface area contributed by atoms with Crippen molar-refractivity contribution in [3.8, 4) is 11.5 Å². The van der Waals surface area contributed by atoms with Crippen LogP contribution >= 0.6 is 0 Å². The largest absolute Gasteiger partial charge is 0.490 e. The Bertz CT molecular complexity index is 509. The highest BCUT2D eigenvalue weighted by molar-refractivity contribution is 5.44. The van der Waals surface area contributed by atoms with Gasteiger partial charge in [-0.2, -0.15) is 0 Å². The Morgan fingerprint density at radius 3 is 2.62 bits per heavy atom. The van der Waals surface area contributed by atoms with Crippen LogP contribution < -0.4 is 9.47 Å². The van der Waals surface area contributed by atoms with E-state index in [9.17, 15) is 5.11 Å². The molecule has 2 unspecified atom stereocenters. The third kappa shape index (κ3) is 4.62. The number of aliphatic hydroxyl groups excluding tert-OH is 1. The lowest BCUT2D eigenvalue weighted by Gasteiger charge is -2.42. The molecule has 1 saturated heterocycles. The first kappa shape index (κ1) is 19.0. The molecule has 0 radical (unpaired) electrons. The Labute approximate surface area is 146 Å². The molecule has 136 valence electrons. The van der Waals surface area contributed by atoms with Crippen LogP contribution in [0.5, 0.6) is 11.5 Å². The lowest BCUT2D eigenvalue weighted by Crippen LogP contribution is -2.52. The van der Waals surface area contributed by atoms with Gasteiger partial charge >= 0.3 is 0 Å². The summed E-state index contributed by atoms with van der Waals surface area (Å²) in [5.74, 6) is 1.55. The molecule has 1 aliphatic rings. The van der Waals surface area contributed by atoms with E-state index < -0.39 is 0 Å². The molecule has 1 aromatic carbocycles. The molecule has 24 heavy (non-hydrogen) atoms. The van der Waals surface area contributed by atoms with Crippen LogP contribution in [0, 0.1) is 0 Å². The summed E-state index contributed by atoms with van der Waals surface area (Å²) >= 11 is 0. The molecular formula is C19H32N2O3. The Morgan fingerprint density at radius 2 is 2.00 bits per heavy atom. The molecule has 1 heterocycles. The molecule has 2 atom stereocenters. The summed E-state index contributed by atoms with van der Waals surface area (Å²) in [4.78, 5) is 4.72. The maximum Gasteiger partial charge on any atom is 0.161 e. The van der Waals surface area contributed by atoms with Crippen molar-refractivity contribution in [3.05, 3.63) is 23.8 Å². The van der Waals surface area contributed by atoms with Crippen molar-refractivity contribution in [2.45, 2.75) is 39.3 Å². The molecular weight excluding hydrogens is 304 g/mol. The van der Waals surface area contributed by atoms with Crippen LogP contribution in [-0.2, 0) is 0 Å². The second kappa shape index (κ2) is 9.25. The highest BCUT2D eigenvalue weighted by atomic mass is 16.5. The third-order valence-corrected chi connectivity index (χ3v) is 4.57. The topological polar surface area (TPSA) is 45.2 Å². The fourth-order valence-electron chi connectivity index (χ4n) is 3.35. The van der Waals surface area contributed by atoms with Gasteiger partial charge in [0.25, 0.3) is 0 Å². The predicted molar refractivity (Wildman–Crippen MR) is 96.9 cm³/mol. The number of piperazine rings is 1. The molecule has 0 spiro atoms. The molecule has 0 amide bonds. The summed E-state index contributed by atoms with van der Waals surface area (Å²) in [6.45, 7) is 10.7. The highest BCUT2D eigenvalue weighted by Gasteiger charge is 2.29. The molecule has 5 heteroatoms. The van der Waals surface area contributed by atoms with E-state index >= 15 is 0 Å². The quantitative estimate of drug-likeness (QED) is 0.790. The zero-order valence-corrected chi connectivity index (χ0v) is 15.5. The van der Waals surface area contributed by atoms with Crippen molar-refractivity contribution in [2.24, 2.45) is 0 Å². The maximum absolute atomic E-state index is 10.0. The second-order valence-corrected chi connectivity index (χ2v) is 6.54. The number of benzene rings is 1. The molecule has 1 fully saturated rings. The van der Waals surface area contributed by atoms with Crippen LogP contribution in [0.1, 0.15) is 38.8 Å². The van der Waals surface area contributed by atoms with Crippen LogP contribution in [0.2, 0.25) is 0 Å². The highest BCUT2D eigenvalue weighted by Crippen LogP contribution is 2.33. The zero-order chi connectivity index (χ0) is 17.5. The zero-order valence-electron chi connectivity index (χ0n) is 15.5. The van der Waals surface area contributed by atoms with Gasteiger partial charge in [-0.15, -0.1) is 0 Å². The number of ether oxygens (including phenoxy) is 2. The van der Waals surface area contributed by atoms with Gasteiger partial charge in [0.2, 0.25) is 0 Å². The first-order valence-electron chi connectivity index (χ1n) is 9.05. The van der Waals surface area contributed by atoms with E-state index in [1.807, 2.05) is 19.1 Å². The molecule has 1 aromatic rings. The average molecular weight is 336 g/mol. The molecule has 1 aliphatic heterocycles. The summed E-state index contributed by atoms with van der Waals surface area (Å²) in [6.07, 6.45) is 0.964. The Kier molecular flexibility index (Phi) is 7.34. The number of hydrogen-bond acceptors (Lipinski definition) is 5. The Balaban J connectivity index is 2.22. The van der Waals surface area contributed by atoms with Gasteiger partial charge in [0, 0.05) is 25.7 Å². The van der Waals surface area contributed by atoms with Crippen molar-refractivity contribution in [2.75, 3.05) is 46.5 Å². The van der Waals surface area contributed by atoms with Gasteiger partial charge in [-0.05, 0) is 45.0 Å². The summed E-state index contributed by atoms with van der Waals surface area (Å²) in [5.41, 5.74) is 1.08. The molecule has 0 aliphatic carbocycles. The summed E-state index contributed by atoms with van der Waals surface area (Å²) in [5, 5.41) is 10.0. The smallest absolute Gasteiger partial charge is 0.161 e. The molecule has 5 nitrogen and oxygen atoms in total. The van der Waals surface area contributed by atoms with Gasteiger partial charge in [-0.1, -0.05) is 13.0 Å². The Hall–Kier alpha value is -1.30. The normalized spacial score (nSPS) is 20.8. The van der Waals surface area contributed by atoms with Crippen molar-refractivity contribution in [1.82, 2.24) is 9.80 Å². The van der Waals surface area contributed by atoms with E-state index in [0.717, 1.165) is 43.1 Å². The van der Waals surface area contributed by atoms with Crippen molar-refractivity contribution in [3.63, 3.8) is 0 Å². The van der Waals surface area contributed by atoms with Gasteiger partial charge in [-0.25, -0.2) is 0 Å². The van der Waals surface area contributed by atoms with Gasteiger partial charge in [-0.3, -0.25) is 4.90 Å². The molecule has 2 rings (SSSR count). The van der Waals surface area contributed by atoms with E-state index in [2.05, 4.69) is 36.8 Å². The van der Waals surface area contributed by atoms with Gasteiger partial charge in [0.15, 0.2) is 11.5 Å². The Morgan fingerprint density at radius 1 is 1.21 bits per heavy atom. The summed E-state index contributed by atoms with van der Waals surface area (Å²) < 4.78 is 11.5. The number of nitrogens with zero attached hydrogens (tertiary/aromatic N) is 2. The number of likely N-dealkylation sites (N-methyl/N-ethyl adjacent to an activating group) is 1. The fourth-order valence-corrected chi connectivity index (χ4v) is 3.35. The molecule has 1 N–H and O–H groups in total. The molecule has 0 bridgehead atoms. The van der Waals surface area contributed by atoms with Gasteiger partial charge in [0.05, 0.1) is 25.9 Å². The lowest BCUT2D eigenvalue weighted by molar-refractivity contribution is 0.0340. The van der Waals surface area contributed by atoms with E-state index in [-0.39, 0.29) is 12.6 Å². The van der Waals surface area contributed by atoms with Crippen LogP contribution in [-0.4, -0.2) is 67.5 Å². The second-order valence-electron chi connectivity index (χ2n) is 6.54. The van der Waals surface area contributed by atoms with Gasteiger partial charge < -0.3 is 19.5 Å². The monoisotopic (exact) mass is 336 g/mol. The number of aliphatic hydroxyl groups is 1. The average Bonchev–Trinajstić information content (AvgIpc) is 2.57. The summed E-state index contributed by atoms with van der Waals surface area (Å²) in [7, 11) is 2.15. The van der Waals surface area contributed by atoms with Crippen LogP contribution in [0.25, 0.3) is 0 Å². The molecule has 0 aromatic heterocycles. The first-order valence-corrected chi connectivity index (χ1v) is 9.05. The summed E-state index contributed by atoms with van der Waals surface area (Å²) in [6, 6.07) is 6.46. The van der Waals surface area contributed by atoms with Crippen molar-refractivity contribution >= 4 is 0 Å². The number of rotatable bonds is 8. The van der Waals surface area contributed by atoms with Crippen LogP contribution in [0.15, 0.2) is 18.2 Å². The number of hydrogen-bond donors (Lipinski definition) is 1. The first-order chi connectivity index (χ1) is 11.6. The van der Waals surface area contributed by atoms with Gasteiger partial charge in [0.1, 0.15) is 0 Å². The van der Waals surface area contributed by atoms with Crippen LogP contribution in [0.4, 0.5) is 0 Å². The van der Waals surface area contributed by atoms with E-state index in [1.165, 1.54) is 0 Å². The third-order valence-electron chi connectivity index (χ3n) is 4.57. The van der Waals surface area contributed by atoms with Crippen LogP contribution in [0.3, 0.4) is 0 Å². The van der Waals surface area contributed by atoms with Crippen molar-refractivity contribution in [1.29, 1.82) is 0 Å². The maximum atomic E-state index is 10.0. The fraction of sp³-hybridized carbons (Fsp3) is 0.684. The minimum Gasteiger partial charge on any atom is -0.490 e. The SMILES string of the molecule is CCCOc1ccc(C(CO)N2CCN(C)CC2C)cc1OCC. The predicted octanol–water partition coefficient (Wildman–Crippen LogP) is 2.54. The minimum atomic E-state index is -0.00636. The minimum absolute atomic E-state index is 0.00636. The van der Waals surface area contributed by atoms with Crippen molar-refractivity contribution < 1.29 is 14.6 Å². The lowest BCUT2D eigenvalue weighted by atomic mass is 10.0. The van der Waals surface area contributed by atoms with E-state index in [1.54, 1.807) is 0 Å². The molecule has 0 saturated carbocycles. The van der Waals surface area contributed by atoms with E-state index in [4.69, 9.17) is 9.47 Å². The standard InChI is InChI=1S/C19H32N2O3/c1-5-11-24-18-8-7-16(12-19(18)23-6-2)17(14-22)21-10-9-20(4)13-15(21)3/h7-8,12,15,17,22H,5-6,9-11,13-14H2,1-4H3.